The molecule has 3 aromatic rings. The molecule has 1 heterocycles. The summed E-state index contributed by atoms with van der Waals surface area (Å²) in [5.41, 5.74) is 3.67. The summed E-state index contributed by atoms with van der Waals surface area (Å²) in [4.78, 5) is 16.9. The number of carbonyl (C=O) groups excluding carboxylic acids is 1. The number of hydrogen-bond donors (Lipinski definition) is 0. The van der Waals surface area contributed by atoms with Crippen LogP contribution in [0.25, 0.3) is 11.0 Å². The smallest absolute Gasteiger partial charge is 0.338 e. The first-order valence-corrected chi connectivity index (χ1v) is 11.8. The number of hydrogen-bond acceptors (Lipinski definition) is 5. The van der Waals surface area contributed by atoms with E-state index in [1.807, 2.05) is 32.0 Å². The van der Waals surface area contributed by atoms with Crippen molar-refractivity contribution in [3.63, 3.8) is 0 Å². The predicted molar refractivity (Wildman–Crippen MR) is 126 cm³/mol. The molecule has 0 aliphatic carbocycles. The van der Waals surface area contributed by atoms with Crippen LogP contribution in [0.4, 0.5) is 0 Å². The van der Waals surface area contributed by atoms with Gasteiger partial charge in [0.1, 0.15) is 0 Å². The Morgan fingerprint density at radius 1 is 1.17 bits per heavy atom. The highest BCUT2D eigenvalue weighted by Crippen LogP contribution is 2.29. The third kappa shape index (κ3) is 5.73. The average Bonchev–Trinajstić information content (AvgIpc) is 3.07. The van der Waals surface area contributed by atoms with Gasteiger partial charge >= 0.3 is 5.97 Å². The Bertz CT molecular complexity index is 974. The van der Waals surface area contributed by atoms with E-state index in [9.17, 15) is 4.79 Å². The monoisotopic (exact) mass is 524 g/mol. The van der Waals surface area contributed by atoms with E-state index in [0.29, 0.717) is 12.2 Å². The molecule has 0 fully saturated rings. The molecule has 0 saturated carbocycles. The summed E-state index contributed by atoms with van der Waals surface area (Å²) in [5.74, 6) is 0.534. The summed E-state index contributed by atoms with van der Waals surface area (Å²) >= 11 is 4.09. The molecule has 0 saturated heterocycles. The second-order valence-corrected chi connectivity index (χ2v) is 8.51. The van der Waals surface area contributed by atoms with Gasteiger partial charge in [-0.15, -0.1) is 0 Å². The van der Waals surface area contributed by atoms with E-state index in [2.05, 4.69) is 51.4 Å². The number of aromatic nitrogens is 2. The molecule has 0 radical (unpaired) electrons. The number of ether oxygens (including phenoxy) is 2. The van der Waals surface area contributed by atoms with Crippen LogP contribution in [0.2, 0.25) is 0 Å². The lowest BCUT2D eigenvalue weighted by molar-refractivity contribution is 0.0526. The first kappa shape index (κ1) is 22.1. The number of aryl methyl sites for hydroxylation is 1. The molecular formula is C22H25IN2O3S. The van der Waals surface area contributed by atoms with E-state index in [1.165, 1.54) is 9.13 Å². The number of imidazole rings is 1. The summed E-state index contributed by atoms with van der Waals surface area (Å²) in [6, 6.07) is 14.0. The third-order valence-corrected chi connectivity index (χ3v) is 6.49. The first-order chi connectivity index (χ1) is 14.1. The molecule has 154 valence electrons. The number of rotatable bonds is 10. The van der Waals surface area contributed by atoms with Gasteiger partial charge in [0.2, 0.25) is 0 Å². The molecule has 1 aromatic heterocycles. The van der Waals surface area contributed by atoms with E-state index in [1.54, 1.807) is 11.8 Å². The zero-order valence-electron chi connectivity index (χ0n) is 16.7. The van der Waals surface area contributed by atoms with E-state index in [-0.39, 0.29) is 5.97 Å². The number of thioether (sulfide) groups is 1. The summed E-state index contributed by atoms with van der Waals surface area (Å²) < 4.78 is 14.1. The van der Waals surface area contributed by atoms with Crippen LogP contribution in [0, 0.1) is 3.57 Å². The fraction of sp³-hybridized carbons (Fsp3) is 0.364. The average molecular weight is 524 g/mol. The number of nitrogens with zero attached hydrogens (tertiary/aromatic N) is 2. The van der Waals surface area contributed by atoms with Crippen LogP contribution in [-0.2, 0) is 21.8 Å². The van der Waals surface area contributed by atoms with Crippen molar-refractivity contribution in [3.8, 4) is 0 Å². The van der Waals surface area contributed by atoms with Gasteiger partial charge in [-0.2, -0.15) is 0 Å². The highest BCUT2D eigenvalue weighted by molar-refractivity contribution is 14.1. The number of esters is 1. The number of fused-ring (bicyclic) bond motifs is 1. The van der Waals surface area contributed by atoms with Crippen LogP contribution in [0.3, 0.4) is 0 Å². The minimum absolute atomic E-state index is 0.312. The van der Waals surface area contributed by atoms with Crippen LogP contribution < -0.4 is 0 Å². The third-order valence-electron chi connectivity index (χ3n) is 4.41. The Kier molecular flexibility index (Phi) is 8.38. The minimum Gasteiger partial charge on any atom is -0.462 e. The largest absolute Gasteiger partial charge is 0.462 e. The molecule has 0 spiro atoms. The predicted octanol–water partition coefficient (Wildman–Crippen LogP) is 5.54. The lowest BCUT2D eigenvalue weighted by Gasteiger charge is -2.10. The summed E-state index contributed by atoms with van der Waals surface area (Å²) in [7, 11) is 0. The van der Waals surface area contributed by atoms with Crippen molar-refractivity contribution < 1.29 is 14.3 Å². The van der Waals surface area contributed by atoms with Gasteiger partial charge in [-0.3, -0.25) is 0 Å². The van der Waals surface area contributed by atoms with Crippen molar-refractivity contribution in [3.05, 3.63) is 57.2 Å². The van der Waals surface area contributed by atoms with Crippen LogP contribution >= 0.6 is 34.4 Å². The first-order valence-electron chi connectivity index (χ1n) is 9.75. The molecule has 7 heteroatoms. The molecule has 0 amide bonds. The summed E-state index contributed by atoms with van der Waals surface area (Å²) in [5, 5.41) is 0.956. The van der Waals surface area contributed by atoms with Crippen molar-refractivity contribution in [1.29, 1.82) is 0 Å². The van der Waals surface area contributed by atoms with Crippen molar-refractivity contribution in [1.82, 2.24) is 9.55 Å². The Hall–Kier alpha value is -1.58. The highest BCUT2D eigenvalue weighted by atomic mass is 127. The Morgan fingerprint density at radius 2 is 2.00 bits per heavy atom. The molecule has 29 heavy (non-hydrogen) atoms. The van der Waals surface area contributed by atoms with Crippen LogP contribution in [0.5, 0.6) is 0 Å². The fourth-order valence-electron chi connectivity index (χ4n) is 3.00. The zero-order valence-corrected chi connectivity index (χ0v) is 19.7. The van der Waals surface area contributed by atoms with Crippen LogP contribution in [0.1, 0.15) is 36.2 Å². The van der Waals surface area contributed by atoms with Gasteiger partial charge in [-0.05, 0) is 72.7 Å². The zero-order chi connectivity index (χ0) is 20.6. The molecule has 0 N–H and O–H groups in total. The van der Waals surface area contributed by atoms with E-state index < -0.39 is 0 Å². The molecular weight excluding hydrogens is 499 g/mol. The lowest BCUT2D eigenvalue weighted by Crippen LogP contribution is -2.05. The molecule has 0 unspecified atom stereocenters. The van der Waals surface area contributed by atoms with Crippen LogP contribution in [-0.4, -0.2) is 35.3 Å². The van der Waals surface area contributed by atoms with Gasteiger partial charge in [0.05, 0.1) is 23.2 Å². The molecule has 5 nitrogen and oxygen atoms in total. The van der Waals surface area contributed by atoms with Crippen molar-refractivity contribution in [2.75, 3.05) is 19.8 Å². The normalized spacial score (nSPS) is 11.1. The Labute approximate surface area is 189 Å². The molecule has 0 aliphatic rings. The standard InChI is InChI=1S/C22H25IN2O3S/c1-3-27-13-7-12-25-20-11-10-16(21(26)28-4-2)14-19(20)24-22(25)29-15-17-8-5-6-9-18(17)23/h5-6,8-11,14H,3-4,7,12-13,15H2,1-2H3. The van der Waals surface area contributed by atoms with Gasteiger partial charge in [0.15, 0.2) is 5.16 Å². The Balaban J connectivity index is 1.87. The maximum Gasteiger partial charge on any atom is 0.338 e. The molecule has 3 rings (SSSR count). The van der Waals surface area contributed by atoms with Gasteiger partial charge in [0.25, 0.3) is 0 Å². The van der Waals surface area contributed by atoms with Crippen molar-refractivity contribution >= 4 is 51.4 Å². The molecule has 2 aromatic carbocycles. The highest BCUT2D eigenvalue weighted by Gasteiger charge is 2.15. The van der Waals surface area contributed by atoms with E-state index in [4.69, 9.17) is 14.5 Å². The SMILES string of the molecule is CCOCCCn1c(SCc2ccccc2I)nc2cc(C(=O)OCC)ccc21. The summed E-state index contributed by atoms with van der Waals surface area (Å²) in [6.07, 6.45) is 0.912. The number of carbonyl (C=O) groups is 1. The molecule has 0 aliphatic heterocycles. The second-order valence-electron chi connectivity index (χ2n) is 6.40. The number of halogens is 1. The quantitative estimate of drug-likeness (QED) is 0.151. The van der Waals surface area contributed by atoms with E-state index >= 15 is 0 Å². The molecule has 0 bridgehead atoms. The minimum atomic E-state index is -0.312. The molecule has 0 atom stereocenters. The van der Waals surface area contributed by atoms with Crippen molar-refractivity contribution in [2.45, 2.75) is 37.7 Å². The maximum absolute atomic E-state index is 12.1. The van der Waals surface area contributed by atoms with Crippen molar-refractivity contribution in [2.24, 2.45) is 0 Å². The second kappa shape index (κ2) is 11.0. The summed E-state index contributed by atoms with van der Waals surface area (Å²) in [6.45, 7) is 6.44. The maximum atomic E-state index is 12.1. The van der Waals surface area contributed by atoms with Crippen LogP contribution in [0.15, 0.2) is 47.6 Å². The van der Waals surface area contributed by atoms with Gasteiger partial charge in [0, 0.05) is 29.1 Å². The Morgan fingerprint density at radius 3 is 2.76 bits per heavy atom. The van der Waals surface area contributed by atoms with E-state index in [0.717, 1.165) is 48.1 Å². The fourth-order valence-corrected chi connectivity index (χ4v) is 4.88. The van der Waals surface area contributed by atoms with Gasteiger partial charge < -0.3 is 14.0 Å². The topological polar surface area (TPSA) is 53.4 Å². The lowest BCUT2D eigenvalue weighted by atomic mass is 10.2. The number of benzene rings is 2. The van der Waals surface area contributed by atoms with Gasteiger partial charge in [-0.1, -0.05) is 30.0 Å². The van der Waals surface area contributed by atoms with Gasteiger partial charge in [-0.25, -0.2) is 9.78 Å².